The predicted molar refractivity (Wildman–Crippen MR) is 118 cm³/mol. The van der Waals surface area contributed by atoms with Gasteiger partial charge in [0.05, 0.1) is 22.5 Å². The summed E-state index contributed by atoms with van der Waals surface area (Å²) in [7, 11) is 0. The number of para-hydroxylation sites is 1. The molecule has 0 spiro atoms. The average molecular weight is 438 g/mol. The number of carbonyl (C=O) groups excluding carboxylic acids is 1. The van der Waals surface area contributed by atoms with Gasteiger partial charge in [0.15, 0.2) is 10.1 Å². The largest absolute Gasteiger partial charge is 0.490 e. The van der Waals surface area contributed by atoms with Gasteiger partial charge in [-0.3, -0.25) is 4.79 Å². The second-order valence-electron chi connectivity index (χ2n) is 7.15. The number of carbonyl (C=O) groups is 1. The number of nitrogens with one attached hydrogen (secondary N) is 1. The fraction of sp³-hybridized carbons (Fsp3) is 0.227. The molecule has 2 aromatic carbocycles. The number of hydrogen-bond acceptors (Lipinski definition) is 7. The molecule has 0 aliphatic carbocycles. The van der Waals surface area contributed by atoms with Crippen molar-refractivity contribution in [1.82, 2.24) is 15.5 Å². The van der Waals surface area contributed by atoms with Crippen molar-refractivity contribution in [2.45, 2.75) is 30.3 Å². The smallest absolute Gasteiger partial charge is 0.230 e. The summed E-state index contributed by atoms with van der Waals surface area (Å²) in [5.41, 5.74) is 3.79. The molecule has 2 aromatic heterocycles. The van der Waals surface area contributed by atoms with Gasteiger partial charge in [-0.2, -0.15) is 0 Å². The van der Waals surface area contributed by atoms with Crippen LogP contribution in [-0.2, 0) is 17.8 Å². The fourth-order valence-corrected chi connectivity index (χ4v) is 5.29. The molecule has 0 saturated carbocycles. The topological polar surface area (TPSA) is 77.3 Å². The fourth-order valence-electron chi connectivity index (χ4n) is 3.39. The molecule has 6 nitrogen and oxygen atoms in total. The monoisotopic (exact) mass is 437 g/mol. The number of ether oxygens (including phenoxy) is 1. The first-order chi connectivity index (χ1) is 14.6. The number of thiazole rings is 1. The van der Waals surface area contributed by atoms with Gasteiger partial charge < -0.3 is 14.6 Å². The van der Waals surface area contributed by atoms with E-state index in [9.17, 15) is 4.79 Å². The average Bonchev–Trinajstić information content (AvgIpc) is 3.46. The van der Waals surface area contributed by atoms with Gasteiger partial charge in [0.25, 0.3) is 0 Å². The third-order valence-electron chi connectivity index (χ3n) is 4.81. The highest BCUT2D eigenvalue weighted by Gasteiger charge is 2.20. The quantitative estimate of drug-likeness (QED) is 0.441. The minimum Gasteiger partial charge on any atom is -0.490 e. The maximum absolute atomic E-state index is 12.2. The number of nitrogens with zero attached hydrogens (tertiary/aromatic N) is 2. The molecular weight excluding hydrogens is 418 g/mol. The van der Waals surface area contributed by atoms with E-state index in [-0.39, 0.29) is 12.0 Å². The van der Waals surface area contributed by atoms with Crippen molar-refractivity contribution in [3.8, 4) is 17.1 Å². The van der Waals surface area contributed by atoms with E-state index in [2.05, 4.69) is 28.4 Å². The van der Waals surface area contributed by atoms with Gasteiger partial charge >= 0.3 is 0 Å². The third-order valence-corrected chi connectivity index (χ3v) is 6.99. The van der Waals surface area contributed by atoms with Crippen LogP contribution in [0.1, 0.15) is 18.2 Å². The Hall–Kier alpha value is -2.84. The van der Waals surface area contributed by atoms with E-state index < -0.39 is 0 Å². The van der Waals surface area contributed by atoms with E-state index in [1.165, 1.54) is 17.3 Å². The molecule has 1 aliphatic rings. The summed E-state index contributed by atoms with van der Waals surface area (Å²) in [6.45, 7) is 2.39. The number of rotatable bonds is 6. The van der Waals surface area contributed by atoms with Crippen molar-refractivity contribution in [2.75, 3.05) is 5.75 Å². The van der Waals surface area contributed by atoms with Crippen LogP contribution in [0.3, 0.4) is 0 Å². The second kappa shape index (κ2) is 8.12. The molecule has 8 heteroatoms. The van der Waals surface area contributed by atoms with Gasteiger partial charge in [0, 0.05) is 18.1 Å². The standard InChI is InChI=1S/C22H19N3O3S2/c1-13-8-15-9-14(6-7-18(15)27-13)19-10-16(25-28-19)11-23-21(26)12-29-22-24-17-4-2-3-5-20(17)30-22/h2-7,9-10,13H,8,11-12H2,1H3,(H,23,26)/t13-/m1/s1. The van der Waals surface area contributed by atoms with Crippen molar-refractivity contribution in [2.24, 2.45) is 0 Å². The van der Waals surface area contributed by atoms with Crippen LogP contribution < -0.4 is 10.1 Å². The predicted octanol–water partition coefficient (Wildman–Crippen LogP) is 4.68. The highest BCUT2D eigenvalue weighted by atomic mass is 32.2. The normalized spacial score (nSPS) is 15.2. The van der Waals surface area contributed by atoms with Crippen molar-refractivity contribution in [3.63, 3.8) is 0 Å². The van der Waals surface area contributed by atoms with Crippen LogP contribution in [0.2, 0.25) is 0 Å². The molecule has 0 radical (unpaired) electrons. The lowest BCUT2D eigenvalue weighted by atomic mass is 10.1. The maximum atomic E-state index is 12.2. The number of hydrogen-bond donors (Lipinski definition) is 1. The van der Waals surface area contributed by atoms with Gasteiger partial charge in [0.1, 0.15) is 17.5 Å². The summed E-state index contributed by atoms with van der Waals surface area (Å²) in [6.07, 6.45) is 1.10. The Bertz CT molecular complexity index is 1180. The van der Waals surface area contributed by atoms with Crippen LogP contribution >= 0.6 is 23.1 Å². The molecule has 152 valence electrons. The van der Waals surface area contributed by atoms with Gasteiger partial charge in [-0.25, -0.2) is 4.98 Å². The molecule has 3 heterocycles. The molecule has 30 heavy (non-hydrogen) atoms. The number of amides is 1. The number of aromatic nitrogens is 2. The minimum absolute atomic E-state index is 0.0625. The maximum Gasteiger partial charge on any atom is 0.230 e. The highest BCUT2D eigenvalue weighted by molar-refractivity contribution is 8.01. The Morgan fingerprint density at radius 3 is 3.07 bits per heavy atom. The molecule has 0 unspecified atom stereocenters. The summed E-state index contributed by atoms with van der Waals surface area (Å²) < 4.78 is 13.2. The van der Waals surface area contributed by atoms with Gasteiger partial charge in [-0.05, 0) is 42.8 Å². The number of fused-ring (bicyclic) bond motifs is 2. The number of benzene rings is 2. The molecular formula is C22H19N3O3S2. The molecule has 5 rings (SSSR count). The Labute approximate surface area is 181 Å². The first-order valence-corrected chi connectivity index (χ1v) is 11.4. The minimum atomic E-state index is -0.0625. The Morgan fingerprint density at radius 1 is 1.27 bits per heavy atom. The van der Waals surface area contributed by atoms with E-state index in [4.69, 9.17) is 9.26 Å². The van der Waals surface area contributed by atoms with Gasteiger partial charge in [0.2, 0.25) is 5.91 Å². The lowest BCUT2D eigenvalue weighted by molar-refractivity contribution is -0.118. The van der Waals surface area contributed by atoms with Gasteiger partial charge in [-0.15, -0.1) is 11.3 Å². The first-order valence-electron chi connectivity index (χ1n) is 9.65. The molecule has 0 saturated heterocycles. The molecule has 4 aromatic rings. The number of thioether (sulfide) groups is 1. The zero-order chi connectivity index (χ0) is 20.5. The lowest BCUT2D eigenvalue weighted by Gasteiger charge is -2.02. The van der Waals surface area contributed by atoms with Crippen LogP contribution in [0.25, 0.3) is 21.5 Å². The van der Waals surface area contributed by atoms with Crippen LogP contribution in [0.15, 0.2) is 57.4 Å². The Balaban J connectivity index is 1.16. The van der Waals surface area contributed by atoms with Crippen molar-refractivity contribution in [3.05, 3.63) is 59.8 Å². The van der Waals surface area contributed by atoms with Crippen molar-refractivity contribution >= 4 is 39.2 Å². The molecule has 1 atom stereocenters. The second-order valence-corrected chi connectivity index (χ2v) is 9.40. The van der Waals surface area contributed by atoms with E-state index in [0.29, 0.717) is 23.8 Å². The summed E-state index contributed by atoms with van der Waals surface area (Å²) in [5, 5.41) is 6.97. The highest BCUT2D eigenvalue weighted by Crippen LogP contribution is 2.33. The van der Waals surface area contributed by atoms with Crippen LogP contribution in [0.5, 0.6) is 5.75 Å². The Kier molecular flexibility index (Phi) is 5.18. The lowest BCUT2D eigenvalue weighted by Crippen LogP contribution is -2.24. The molecule has 1 amide bonds. The molecule has 1 N–H and O–H groups in total. The van der Waals surface area contributed by atoms with Crippen LogP contribution in [0.4, 0.5) is 0 Å². The Morgan fingerprint density at radius 2 is 2.17 bits per heavy atom. The zero-order valence-corrected chi connectivity index (χ0v) is 17.9. The summed E-state index contributed by atoms with van der Waals surface area (Å²) in [5.74, 6) is 1.87. The summed E-state index contributed by atoms with van der Waals surface area (Å²) in [6, 6.07) is 15.8. The van der Waals surface area contributed by atoms with E-state index in [1.807, 2.05) is 42.5 Å². The van der Waals surface area contributed by atoms with E-state index >= 15 is 0 Å². The van der Waals surface area contributed by atoms with Crippen molar-refractivity contribution in [1.29, 1.82) is 0 Å². The SMILES string of the molecule is C[C@@H]1Cc2cc(-c3cc(CNC(=O)CSc4nc5ccccc5s4)no3)ccc2O1. The first kappa shape index (κ1) is 19.1. The van der Waals surface area contributed by atoms with E-state index in [0.717, 1.165) is 32.3 Å². The van der Waals surface area contributed by atoms with E-state index in [1.54, 1.807) is 11.3 Å². The van der Waals surface area contributed by atoms with Crippen LogP contribution in [-0.4, -0.2) is 27.9 Å². The van der Waals surface area contributed by atoms with Crippen LogP contribution in [0, 0.1) is 0 Å². The molecule has 0 fully saturated rings. The summed E-state index contributed by atoms with van der Waals surface area (Å²) in [4.78, 5) is 16.7. The third kappa shape index (κ3) is 4.06. The van der Waals surface area contributed by atoms with Gasteiger partial charge in [-0.1, -0.05) is 29.1 Å². The molecule has 1 aliphatic heterocycles. The van der Waals surface area contributed by atoms with Crippen molar-refractivity contribution < 1.29 is 14.1 Å². The zero-order valence-electron chi connectivity index (χ0n) is 16.3. The molecule has 0 bridgehead atoms. The summed E-state index contributed by atoms with van der Waals surface area (Å²) >= 11 is 3.04.